The topological polar surface area (TPSA) is 103 Å². The first-order valence-electron chi connectivity index (χ1n) is 14.7. The highest BCUT2D eigenvalue weighted by atomic mass is 16.5. The molecule has 0 bridgehead atoms. The number of ether oxygens (including phenoxy) is 1. The van der Waals surface area contributed by atoms with E-state index in [1.807, 2.05) is 66.7 Å². The van der Waals surface area contributed by atoms with Crippen LogP contribution >= 0.6 is 0 Å². The largest absolute Gasteiger partial charge is 0.494 e. The van der Waals surface area contributed by atoms with Gasteiger partial charge in [0.15, 0.2) is 5.88 Å². The van der Waals surface area contributed by atoms with Crippen molar-refractivity contribution in [1.29, 1.82) is 0 Å². The van der Waals surface area contributed by atoms with Crippen LogP contribution in [0.1, 0.15) is 52.0 Å². The van der Waals surface area contributed by atoms with E-state index in [2.05, 4.69) is 39.2 Å². The first-order valence-corrected chi connectivity index (χ1v) is 14.7. The highest BCUT2D eigenvalue weighted by Crippen LogP contribution is 2.32. The number of aromatic hydroxyl groups is 1. The van der Waals surface area contributed by atoms with Crippen LogP contribution in [0.5, 0.6) is 5.88 Å². The number of carbonyl (C=O) groups excluding carboxylic acids is 1. The average molecular weight is 574 g/mol. The molecule has 0 aliphatic carbocycles. The van der Waals surface area contributed by atoms with E-state index in [-0.39, 0.29) is 17.8 Å². The summed E-state index contributed by atoms with van der Waals surface area (Å²) in [5.41, 5.74) is 6.15. The van der Waals surface area contributed by atoms with Gasteiger partial charge in [-0.25, -0.2) is 4.99 Å². The molecule has 1 aliphatic rings. The van der Waals surface area contributed by atoms with E-state index in [4.69, 9.17) is 9.73 Å². The van der Waals surface area contributed by atoms with Gasteiger partial charge in [-0.1, -0.05) is 49.4 Å². The lowest BCUT2D eigenvalue weighted by atomic mass is 9.99. The summed E-state index contributed by atoms with van der Waals surface area (Å²) in [7, 11) is 0. The number of hydrogen-bond acceptors (Lipinski definition) is 6. The summed E-state index contributed by atoms with van der Waals surface area (Å²) in [5.74, 6) is -0.190. The molecule has 8 heteroatoms. The van der Waals surface area contributed by atoms with Crippen LogP contribution in [-0.4, -0.2) is 57.9 Å². The monoisotopic (exact) mass is 573 g/mol. The average Bonchev–Trinajstić information content (AvgIpc) is 3.39. The maximum Gasteiger partial charge on any atom is 0.251 e. The fourth-order valence-electron chi connectivity index (χ4n) is 5.50. The van der Waals surface area contributed by atoms with Crippen LogP contribution in [0.15, 0.2) is 102 Å². The smallest absolute Gasteiger partial charge is 0.251 e. The maximum absolute atomic E-state index is 13.4. The summed E-state index contributed by atoms with van der Waals surface area (Å²) < 4.78 is 5.47. The molecule has 0 radical (unpaired) electrons. The van der Waals surface area contributed by atoms with Gasteiger partial charge in [0.25, 0.3) is 5.91 Å². The highest BCUT2D eigenvalue weighted by Gasteiger charge is 2.21. The molecule has 1 aliphatic heterocycles. The van der Waals surface area contributed by atoms with Crippen molar-refractivity contribution in [1.82, 2.24) is 20.2 Å². The number of pyridine rings is 1. The Balaban J connectivity index is 1.34. The van der Waals surface area contributed by atoms with Gasteiger partial charge in [-0.2, -0.15) is 0 Å². The van der Waals surface area contributed by atoms with Crippen molar-refractivity contribution in [3.8, 4) is 5.88 Å². The summed E-state index contributed by atoms with van der Waals surface area (Å²) in [6.45, 7) is 6.30. The fourth-order valence-corrected chi connectivity index (χ4v) is 5.50. The molecule has 1 saturated heterocycles. The second-order valence-electron chi connectivity index (χ2n) is 10.7. The number of aromatic nitrogens is 2. The highest BCUT2D eigenvalue weighted by molar-refractivity contribution is 6.22. The molecule has 6 rings (SSSR count). The molecule has 8 nitrogen and oxygen atoms in total. The quantitative estimate of drug-likeness (QED) is 0.184. The van der Waals surface area contributed by atoms with Gasteiger partial charge in [-0.3, -0.25) is 14.7 Å². The summed E-state index contributed by atoms with van der Waals surface area (Å²) in [6.07, 6.45) is 4.17. The van der Waals surface area contributed by atoms with Crippen molar-refractivity contribution < 1.29 is 14.6 Å². The number of benzene rings is 3. The third-order valence-corrected chi connectivity index (χ3v) is 7.83. The fraction of sp³-hybridized carbons (Fsp3) is 0.229. The van der Waals surface area contributed by atoms with Crippen molar-refractivity contribution in [3.63, 3.8) is 0 Å². The molecule has 0 spiro atoms. The third-order valence-electron chi connectivity index (χ3n) is 7.83. The number of amides is 1. The molecule has 1 fully saturated rings. The minimum absolute atomic E-state index is 0.0113. The van der Waals surface area contributed by atoms with Crippen LogP contribution in [0.2, 0.25) is 0 Å². The summed E-state index contributed by atoms with van der Waals surface area (Å²) >= 11 is 0. The molecule has 3 heterocycles. The number of H-pyrrole nitrogens is 1. The second kappa shape index (κ2) is 13.0. The summed E-state index contributed by atoms with van der Waals surface area (Å²) in [4.78, 5) is 28.1. The Kier molecular flexibility index (Phi) is 8.58. The van der Waals surface area contributed by atoms with Crippen LogP contribution in [0.4, 0.5) is 5.69 Å². The van der Waals surface area contributed by atoms with Gasteiger partial charge in [-0.15, -0.1) is 0 Å². The van der Waals surface area contributed by atoms with Crippen molar-refractivity contribution in [2.45, 2.75) is 25.9 Å². The maximum atomic E-state index is 13.4. The van der Waals surface area contributed by atoms with E-state index in [0.717, 1.165) is 56.1 Å². The molecule has 1 atom stereocenters. The molecule has 218 valence electrons. The minimum Gasteiger partial charge on any atom is -0.494 e. The standard InChI is InChI=1S/C35H35N5O3/c1-2-30(25-6-4-3-5-7-25)38-34(41)27-10-13-31-29(22-27)32(35(42)39-31)33(26-14-16-36-17-15-26)37-28-11-8-24(9-12-28)23-40-18-20-43-21-19-40/h3-17,22,30,39,42H,2,18-21,23H2,1H3,(H,38,41)/t30-/m1/s1. The predicted octanol–water partition coefficient (Wildman–Crippen LogP) is 6.15. The van der Waals surface area contributed by atoms with Crippen molar-refractivity contribution in [2.24, 2.45) is 4.99 Å². The molecule has 1 amide bonds. The molecule has 2 aromatic heterocycles. The summed E-state index contributed by atoms with van der Waals surface area (Å²) in [5, 5.41) is 15.0. The van der Waals surface area contributed by atoms with E-state index in [0.29, 0.717) is 27.7 Å². The molecule has 0 saturated carbocycles. The first-order chi connectivity index (χ1) is 21.1. The van der Waals surface area contributed by atoms with Crippen LogP contribution in [-0.2, 0) is 11.3 Å². The molecular weight excluding hydrogens is 538 g/mol. The van der Waals surface area contributed by atoms with Crippen LogP contribution in [0.3, 0.4) is 0 Å². The SMILES string of the molecule is CC[C@@H](NC(=O)c1ccc2[nH]c(O)c(C(=Nc3ccc(CN4CCOCC4)cc3)c3ccncc3)c2c1)c1ccccc1. The van der Waals surface area contributed by atoms with Gasteiger partial charge < -0.3 is 20.1 Å². The zero-order chi connectivity index (χ0) is 29.6. The number of aliphatic imine (C=N–C) groups is 1. The minimum atomic E-state index is -0.178. The zero-order valence-electron chi connectivity index (χ0n) is 24.2. The van der Waals surface area contributed by atoms with Crippen molar-refractivity contribution in [3.05, 3.63) is 125 Å². The number of nitrogens with one attached hydrogen (secondary N) is 2. The predicted molar refractivity (Wildman–Crippen MR) is 169 cm³/mol. The Morgan fingerprint density at radius 2 is 1.74 bits per heavy atom. The molecule has 3 N–H and O–H groups in total. The number of aromatic amines is 1. The van der Waals surface area contributed by atoms with Gasteiger partial charge in [0, 0.05) is 54.1 Å². The Hall–Kier alpha value is -4.79. The van der Waals surface area contributed by atoms with E-state index < -0.39 is 0 Å². The molecule has 0 unspecified atom stereocenters. The molecule has 3 aromatic carbocycles. The van der Waals surface area contributed by atoms with Crippen LogP contribution in [0, 0.1) is 0 Å². The van der Waals surface area contributed by atoms with Gasteiger partial charge in [-0.05, 0) is 60.0 Å². The van der Waals surface area contributed by atoms with Gasteiger partial charge in [0.05, 0.1) is 36.2 Å². The van der Waals surface area contributed by atoms with E-state index in [1.165, 1.54) is 5.56 Å². The second-order valence-corrected chi connectivity index (χ2v) is 10.7. The molecule has 43 heavy (non-hydrogen) atoms. The van der Waals surface area contributed by atoms with Crippen molar-refractivity contribution >= 4 is 28.2 Å². The Labute approximate surface area is 251 Å². The Morgan fingerprint density at radius 3 is 2.47 bits per heavy atom. The van der Waals surface area contributed by atoms with Crippen LogP contribution < -0.4 is 5.32 Å². The lowest BCUT2D eigenvalue weighted by Gasteiger charge is -2.26. The first kappa shape index (κ1) is 28.3. The Morgan fingerprint density at radius 1 is 1.00 bits per heavy atom. The number of nitrogens with zero attached hydrogens (tertiary/aromatic N) is 3. The zero-order valence-corrected chi connectivity index (χ0v) is 24.2. The number of carbonyl (C=O) groups is 1. The van der Waals surface area contributed by atoms with E-state index in [1.54, 1.807) is 18.5 Å². The van der Waals surface area contributed by atoms with Crippen molar-refractivity contribution in [2.75, 3.05) is 26.3 Å². The lowest BCUT2D eigenvalue weighted by Crippen LogP contribution is -2.35. The van der Waals surface area contributed by atoms with Gasteiger partial charge in [0.1, 0.15) is 0 Å². The van der Waals surface area contributed by atoms with Crippen LogP contribution in [0.25, 0.3) is 10.9 Å². The number of morpholine rings is 1. The molecular formula is C35H35N5O3. The summed E-state index contributed by atoms with van der Waals surface area (Å²) in [6, 6.07) is 27.2. The molecule has 5 aromatic rings. The van der Waals surface area contributed by atoms with Gasteiger partial charge in [0.2, 0.25) is 0 Å². The number of rotatable bonds is 9. The number of hydrogen-bond donors (Lipinski definition) is 3. The Bertz CT molecular complexity index is 1710. The van der Waals surface area contributed by atoms with E-state index >= 15 is 0 Å². The van der Waals surface area contributed by atoms with E-state index in [9.17, 15) is 9.90 Å². The lowest BCUT2D eigenvalue weighted by molar-refractivity contribution is 0.0342. The third kappa shape index (κ3) is 6.51. The number of fused-ring (bicyclic) bond motifs is 1. The normalized spacial score (nSPS) is 15.0. The van der Waals surface area contributed by atoms with Gasteiger partial charge >= 0.3 is 0 Å².